The van der Waals surface area contributed by atoms with E-state index in [-0.39, 0.29) is 18.2 Å². The minimum absolute atomic E-state index is 0.0854. The zero-order chi connectivity index (χ0) is 16.3. The molecule has 0 aliphatic rings. The van der Waals surface area contributed by atoms with Crippen LogP contribution < -0.4 is 10.1 Å². The van der Waals surface area contributed by atoms with Gasteiger partial charge in [0.1, 0.15) is 17.3 Å². The molecule has 0 bridgehead atoms. The molecular formula is C16H17F2NO3. The van der Waals surface area contributed by atoms with Crippen LogP contribution in [0.15, 0.2) is 28.7 Å². The largest absolute Gasteiger partial charge is 0.466 e. The van der Waals surface area contributed by atoms with E-state index in [4.69, 9.17) is 4.42 Å². The van der Waals surface area contributed by atoms with Gasteiger partial charge in [-0.1, -0.05) is 12.1 Å². The number of carbonyl (C=O) groups is 1. The molecule has 2 aromatic rings. The molecule has 118 valence electrons. The molecule has 1 amide bonds. The third kappa shape index (κ3) is 3.63. The lowest BCUT2D eigenvalue weighted by molar-refractivity contribution is -0.0498. The van der Waals surface area contributed by atoms with Crippen molar-refractivity contribution in [3.8, 4) is 5.75 Å². The van der Waals surface area contributed by atoms with Crippen LogP contribution in [0, 0.1) is 20.8 Å². The number of aryl methyl sites for hydroxylation is 2. The first-order chi connectivity index (χ1) is 10.4. The van der Waals surface area contributed by atoms with Gasteiger partial charge in [-0.15, -0.1) is 0 Å². The topological polar surface area (TPSA) is 51.5 Å². The number of rotatable bonds is 5. The standard InChI is InChI=1S/C16H17F2NO3/c1-9-10(2)21-11(3)14(9)15(20)19-8-12-4-6-13(7-5-12)22-16(17)18/h4-7,16H,8H2,1-3H3,(H,19,20). The number of benzene rings is 1. The minimum atomic E-state index is -2.85. The van der Waals surface area contributed by atoms with Crippen LogP contribution in [0.5, 0.6) is 5.75 Å². The summed E-state index contributed by atoms with van der Waals surface area (Å²) in [6.07, 6.45) is 0. The van der Waals surface area contributed by atoms with E-state index in [0.717, 1.165) is 16.9 Å². The normalized spacial score (nSPS) is 10.8. The van der Waals surface area contributed by atoms with E-state index >= 15 is 0 Å². The van der Waals surface area contributed by atoms with Gasteiger partial charge in [0.15, 0.2) is 0 Å². The predicted octanol–water partition coefficient (Wildman–Crippen LogP) is 3.74. The number of carbonyl (C=O) groups excluding carboxylic acids is 1. The highest BCUT2D eigenvalue weighted by atomic mass is 19.3. The van der Waals surface area contributed by atoms with Crippen molar-refractivity contribution < 1.29 is 22.7 Å². The molecule has 1 N–H and O–H groups in total. The van der Waals surface area contributed by atoms with Crippen molar-refractivity contribution in [1.29, 1.82) is 0 Å². The fraction of sp³-hybridized carbons (Fsp3) is 0.312. The number of halogens is 2. The maximum atomic E-state index is 12.2. The van der Waals surface area contributed by atoms with Gasteiger partial charge >= 0.3 is 6.61 Å². The molecule has 4 nitrogen and oxygen atoms in total. The van der Waals surface area contributed by atoms with Gasteiger partial charge in [0, 0.05) is 12.1 Å². The predicted molar refractivity (Wildman–Crippen MR) is 77.2 cm³/mol. The van der Waals surface area contributed by atoms with Crippen LogP contribution >= 0.6 is 0 Å². The van der Waals surface area contributed by atoms with Crippen LogP contribution in [0.2, 0.25) is 0 Å². The van der Waals surface area contributed by atoms with Crippen LogP contribution in [-0.2, 0) is 6.54 Å². The molecule has 1 aromatic carbocycles. The van der Waals surface area contributed by atoms with Crippen LogP contribution in [-0.4, -0.2) is 12.5 Å². The number of ether oxygens (including phenoxy) is 1. The summed E-state index contributed by atoms with van der Waals surface area (Å²) in [5.74, 6) is 1.16. The molecule has 0 aliphatic carbocycles. The Balaban J connectivity index is 1.99. The number of hydrogen-bond donors (Lipinski definition) is 1. The molecule has 0 saturated heterocycles. The summed E-state index contributed by atoms with van der Waals surface area (Å²) in [5, 5.41) is 2.78. The summed E-state index contributed by atoms with van der Waals surface area (Å²) in [6.45, 7) is 2.82. The molecule has 0 atom stereocenters. The zero-order valence-electron chi connectivity index (χ0n) is 12.6. The first kappa shape index (κ1) is 16.0. The quantitative estimate of drug-likeness (QED) is 0.915. The second-order valence-corrected chi connectivity index (χ2v) is 4.92. The number of amides is 1. The Morgan fingerprint density at radius 1 is 1.18 bits per heavy atom. The number of nitrogens with one attached hydrogen (secondary N) is 1. The summed E-state index contributed by atoms with van der Waals surface area (Å²) in [5.41, 5.74) is 2.14. The van der Waals surface area contributed by atoms with Crippen molar-refractivity contribution >= 4 is 5.91 Å². The van der Waals surface area contributed by atoms with Gasteiger partial charge in [0.2, 0.25) is 0 Å². The Morgan fingerprint density at radius 3 is 2.32 bits per heavy atom. The van der Waals surface area contributed by atoms with Crippen molar-refractivity contribution in [2.24, 2.45) is 0 Å². The van der Waals surface area contributed by atoms with Crippen molar-refractivity contribution in [2.75, 3.05) is 0 Å². The van der Waals surface area contributed by atoms with Crippen LogP contribution in [0.1, 0.15) is 33.0 Å². The molecule has 22 heavy (non-hydrogen) atoms. The van der Waals surface area contributed by atoms with Crippen molar-refractivity contribution in [2.45, 2.75) is 33.9 Å². The zero-order valence-corrected chi connectivity index (χ0v) is 12.6. The van der Waals surface area contributed by atoms with Gasteiger partial charge in [-0.3, -0.25) is 4.79 Å². The van der Waals surface area contributed by atoms with Crippen molar-refractivity contribution in [1.82, 2.24) is 5.32 Å². The molecule has 0 spiro atoms. The smallest absolute Gasteiger partial charge is 0.387 e. The SMILES string of the molecule is Cc1oc(C)c(C(=O)NCc2ccc(OC(F)F)cc2)c1C. The van der Waals surface area contributed by atoms with Crippen molar-refractivity contribution in [3.05, 3.63) is 52.5 Å². The molecule has 6 heteroatoms. The minimum Gasteiger partial charge on any atom is -0.466 e. The average Bonchev–Trinajstić information content (AvgIpc) is 2.70. The Hall–Kier alpha value is -2.37. The Labute approximate surface area is 127 Å². The highest BCUT2D eigenvalue weighted by Crippen LogP contribution is 2.20. The van der Waals surface area contributed by atoms with E-state index in [1.807, 2.05) is 6.92 Å². The molecule has 1 heterocycles. The van der Waals surface area contributed by atoms with E-state index in [1.54, 1.807) is 26.0 Å². The highest BCUT2D eigenvalue weighted by molar-refractivity contribution is 5.96. The van der Waals surface area contributed by atoms with Crippen LogP contribution in [0.3, 0.4) is 0 Å². The van der Waals surface area contributed by atoms with E-state index in [2.05, 4.69) is 10.1 Å². The summed E-state index contributed by atoms with van der Waals surface area (Å²) in [6, 6.07) is 6.12. The molecule has 0 fully saturated rings. The molecule has 0 saturated carbocycles. The fourth-order valence-electron chi connectivity index (χ4n) is 2.19. The lowest BCUT2D eigenvalue weighted by Crippen LogP contribution is -2.23. The second kappa shape index (κ2) is 6.60. The number of hydrogen-bond acceptors (Lipinski definition) is 3. The Morgan fingerprint density at radius 2 is 1.82 bits per heavy atom. The first-order valence-corrected chi connectivity index (χ1v) is 6.77. The monoisotopic (exact) mass is 309 g/mol. The molecule has 1 aromatic heterocycles. The van der Waals surface area contributed by atoms with E-state index < -0.39 is 6.61 Å². The number of alkyl halides is 2. The van der Waals surface area contributed by atoms with Gasteiger partial charge in [-0.2, -0.15) is 8.78 Å². The lowest BCUT2D eigenvalue weighted by atomic mass is 10.1. The van der Waals surface area contributed by atoms with Crippen LogP contribution in [0.25, 0.3) is 0 Å². The molecule has 2 rings (SSSR count). The maximum Gasteiger partial charge on any atom is 0.387 e. The molecular weight excluding hydrogens is 292 g/mol. The Kier molecular flexibility index (Phi) is 4.80. The van der Waals surface area contributed by atoms with E-state index in [1.165, 1.54) is 12.1 Å². The lowest BCUT2D eigenvalue weighted by Gasteiger charge is -2.07. The third-order valence-corrected chi connectivity index (χ3v) is 3.39. The van der Waals surface area contributed by atoms with Gasteiger partial charge in [0.05, 0.1) is 5.56 Å². The average molecular weight is 309 g/mol. The van der Waals surface area contributed by atoms with E-state index in [0.29, 0.717) is 11.3 Å². The molecule has 0 unspecified atom stereocenters. The summed E-state index contributed by atoms with van der Waals surface area (Å²) >= 11 is 0. The summed E-state index contributed by atoms with van der Waals surface area (Å²) < 4.78 is 33.8. The molecule has 0 radical (unpaired) electrons. The third-order valence-electron chi connectivity index (χ3n) is 3.39. The highest BCUT2D eigenvalue weighted by Gasteiger charge is 2.18. The van der Waals surface area contributed by atoms with E-state index in [9.17, 15) is 13.6 Å². The maximum absolute atomic E-state index is 12.2. The van der Waals surface area contributed by atoms with Gasteiger partial charge in [-0.25, -0.2) is 0 Å². The molecule has 0 aliphatic heterocycles. The fourth-order valence-corrected chi connectivity index (χ4v) is 2.19. The van der Waals surface area contributed by atoms with Crippen molar-refractivity contribution in [3.63, 3.8) is 0 Å². The summed E-state index contributed by atoms with van der Waals surface area (Å²) in [4.78, 5) is 12.2. The van der Waals surface area contributed by atoms with Gasteiger partial charge in [0.25, 0.3) is 5.91 Å². The van der Waals surface area contributed by atoms with Gasteiger partial charge < -0.3 is 14.5 Å². The number of furan rings is 1. The van der Waals surface area contributed by atoms with Crippen LogP contribution in [0.4, 0.5) is 8.78 Å². The second-order valence-electron chi connectivity index (χ2n) is 4.92. The summed E-state index contributed by atoms with van der Waals surface area (Å²) in [7, 11) is 0. The van der Waals surface area contributed by atoms with Gasteiger partial charge in [-0.05, 0) is 38.5 Å². The Bertz CT molecular complexity index is 663. The first-order valence-electron chi connectivity index (χ1n) is 6.77.